The van der Waals surface area contributed by atoms with Gasteiger partial charge < -0.3 is 4.74 Å². The molecular formula is C29H31F3O. The molecule has 0 bridgehead atoms. The highest BCUT2D eigenvalue weighted by molar-refractivity contribution is 5.74. The molecule has 1 saturated carbocycles. The predicted molar refractivity (Wildman–Crippen MR) is 128 cm³/mol. The van der Waals surface area contributed by atoms with Gasteiger partial charge in [-0.3, -0.25) is 0 Å². The van der Waals surface area contributed by atoms with Gasteiger partial charge in [-0.2, -0.15) is 0 Å². The van der Waals surface area contributed by atoms with E-state index in [2.05, 4.69) is 18.6 Å². The van der Waals surface area contributed by atoms with Gasteiger partial charge in [0, 0.05) is 5.56 Å². The lowest BCUT2D eigenvalue weighted by atomic mass is 9.70. The molecule has 4 heteroatoms. The molecule has 0 spiro atoms. The Bertz CT molecular complexity index is 1040. The molecule has 33 heavy (non-hydrogen) atoms. The van der Waals surface area contributed by atoms with Crippen molar-refractivity contribution in [3.8, 4) is 28.0 Å². The SMILES string of the molecule is CCC1CCCCC1C(C)c1ccc(-c2ccc(-c3ccccc3)cc2)c(OC(F)(F)F)c1. The van der Waals surface area contributed by atoms with Gasteiger partial charge in [-0.1, -0.05) is 106 Å². The van der Waals surface area contributed by atoms with E-state index < -0.39 is 6.36 Å². The second kappa shape index (κ2) is 10.0. The van der Waals surface area contributed by atoms with Gasteiger partial charge in [0.2, 0.25) is 0 Å². The van der Waals surface area contributed by atoms with Crippen molar-refractivity contribution in [1.82, 2.24) is 0 Å². The summed E-state index contributed by atoms with van der Waals surface area (Å²) in [5.41, 5.74) is 4.17. The maximum absolute atomic E-state index is 13.3. The zero-order valence-corrected chi connectivity index (χ0v) is 19.2. The first-order valence-electron chi connectivity index (χ1n) is 11.9. The van der Waals surface area contributed by atoms with E-state index in [0.717, 1.165) is 29.5 Å². The zero-order valence-electron chi connectivity index (χ0n) is 19.2. The topological polar surface area (TPSA) is 9.23 Å². The molecule has 3 atom stereocenters. The van der Waals surface area contributed by atoms with Crippen LogP contribution in [0.1, 0.15) is 57.4 Å². The highest BCUT2D eigenvalue weighted by Crippen LogP contribution is 2.44. The number of halogens is 3. The van der Waals surface area contributed by atoms with Gasteiger partial charge in [0.1, 0.15) is 5.75 Å². The van der Waals surface area contributed by atoms with E-state index in [9.17, 15) is 13.2 Å². The van der Waals surface area contributed by atoms with Crippen LogP contribution in [0.15, 0.2) is 72.8 Å². The summed E-state index contributed by atoms with van der Waals surface area (Å²) in [6.07, 6.45) is 1.18. The van der Waals surface area contributed by atoms with Crippen LogP contribution in [-0.2, 0) is 0 Å². The van der Waals surface area contributed by atoms with Gasteiger partial charge in [-0.15, -0.1) is 13.2 Å². The number of alkyl halides is 3. The summed E-state index contributed by atoms with van der Waals surface area (Å²) in [5.74, 6) is 1.20. The highest BCUT2D eigenvalue weighted by atomic mass is 19.4. The molecule has 0 aromatic heterocycles. The van der Waals surface area contributed by atoms with Crippen molar-refractivity contribution in [2.45, 2.75) is 58.2 Å². The van der Waals surface area contributed by atoms with Crippen molar-refractivity contribution >= 4 is 0 Å². The van der Waals surface area contributed by atoms with E-state index in [4.69, 9.17) is 0 Å². The Kier molecular flexibility index (Phi) is 7.11. The fourth-order valence-corrected chi connectivity index (χ4v) is 5.39. The molecular weight excluding hydrogens is 421 g/mol. The molecule has 0 heterocycles. The third-order valence-electron chi connectivity index (χ3n) is 7.19. The van der Waals surface area contributed by atoms with Gasteiger partial charge in [0.25, 0.3) is 0 Å². The van der Waals surface area contributed by atoms with Gasteiger partial charge in [0.15, 0.2) is 0 Å². The molecule has 1 aliphatic rings. The van der Waals surface area contributed by atoms with Gasteiger partial charge in [-0.25, -0.2) is 0 Å². The van der Waals surface area contributed by atoms with Crippen LogP contribution in [0.5, 0.6) is 5.75 Å². The van der Waals surface area contributed by atoms with Crippen LogP contribution in [0.3, 0.4) is 0 Å². The summed E-state index contributed by atoms with van der Waals surface area (Å²) in [5, 5.41) is 0. The minimum Gasteiger partial charge on any atom is -0.405 e. The van der Waals surface area contributed by atoms with E-state index in [1.807, 2.05) is 60.7 Å². The average molecular weight is 453 g/mol. The van der Waals surface area contributed by atoms with Crippen molar-refractivity contribution < 1.29 is 17.9 Å². The molecule has 3 aromatic carbocycles. The Labute approximate surface area is 194 Å². The van der Waals surface area contributed by atoms with Crippen molar-refractivity contribution in [3.63, 3.8) is 0 Å². The van der Waals surface area contributed by atoms with Crippen LogP contribution >= 0.6 is 0 Å². The fourth-order valence-electron chi connectivity index (χ4n) is 5.39. The Morgan fingerprint density at radius 2 is 1.48 bits per heavy atom. The first kappa shape index (κ1) is 23.4. The number of rotatable bonds is 6. The average Bonchev–Trinajstić information content (AvgIpc) is 2.83. The minimum absolute atomic E-state index is 0.122. The van der Waals surface area contributed by atoms with E-state index >= 15 is 0 Å². The van der Waals surface area contributed by atoms with Crippen molar-refractivity contribution in [2.24, 2.45) is 11.8 Å². The van der Waals surface area contributed by atoms with Gasteiger partial charge in [0.05, 0.1) is 0 Å². The molecule has 1 nitrogen and oxygen atoms in total. The monoisotopic (exact) mass is 452 g/mol. The largest absolute Gasteiger partial charge is 0.573 e. The number of ether oxygens (including phenoxy) is 1. The Morgan fingerprint density at radius 3 is 2.15 bits per heavy atom. The minimum atomic E-state index is -4.74. The molecule has 3 unspecified atom stereocenters. The molecule has 1 aliphatic carbocycles. The molecule has 0 N–H and O–H groups in total. The van der Waals surface area contributed by atoms with Crippen molar-refractivity contribution in [1.29, 1.82) is 0 Å². The molecule has 0 radical (unpaired) electrons. The number of benzene rings is 3. The van der Waals surface area contributed by atoms with E-state index in [0.29, 0.717) is 23.0 Å². The Hall–Kier alpha value is -2.75. The van der Waals surface area contributed by atoms with Gasteiger partial charge in [-0.05, 0) is 52.5 Å². The zero-order chi connectivity index (χ0) is 23.4. The normalized spacial score (nSPS) is 19.8. The molecule has 4 rings (SSSR count). The quantitative estimate of drug-likeness (QED) is 0.362. The van der Waals surface area contributed by atoms with Crippen LogP contribution in [0.25, 0.3) is 22.3 Å². The van der Waals surface area contributed by atoms with E-state index in [1.165, 1.54) is 19.3 Å². The summed E-state index contributed by atoms with van der Waals surface area (Å²) in [4.78, 5) is 0. The lowest BCUT2D eigenvalue weighted by Gasteiger charge is -2.35. The molecule has 0 amide bonds. The summed E-state index contributed by atoms with van der Waals surface area (Å²) in [7, 11) is 0. The Balaban J connectivity index is 1.67. The second-order valence-corrected chi connectivity index (χ2v) is 9.15. The summed E-state index contributed by atoms with van der Waals surface area (Å²) in [6.45, 7) is 4.37. The first-order valence-corrected chi connectivity index (χ1v) is 11.9. The lowest BCUT2D eigenvalue weighted by Crippen LogP contribution is -2.24. The fraction of sp³-hybridized carbons (Fsp3) is 0.379. The van der Waals surface area contributed by atoms with Crippen LogP contribution in [-0.4, -0.2) is 6.36 Å². The highest BCUT2D eigenvalue weighted by Gasteiger charge is 2.34. The number of hydrogen-bond acceptors (Lipinski definition) is 1. The van der Waals surface area contributed by atoms with E-state index in [1.54, 1.807) is 12.1 Å². The predicted octanol–water partition coefficient (Wildman–Crippen LogP) is 9.24. The summed E-state index contributed by atoms with van der Waals surface area (Å²) >= 11 is 0. The maximum atomic E-state index is 13.3. The third kappa shape index (κ3) is 5.61. The first-order chi connectivity index (χ1) is 15.9. The Morgan fingerprint density at radius 1 is 0.848 bits per heavy atom. The van der Waals surface area contributed by atoms with Crippen molar-refractivity contribution in [3.05, 3.63) is 78.4 Å². The third-order valence-corrected chi connectivity index (χ3v) is 7.19. The summed E-state index contributed by atoms with van der Waals surface area (Å²) < 4.78 is 44.4. The van der Waals surface area contributed by atoms with E-state index in [-0.39, 0.29) is 11.7 Å². The molecule has 0 aliphatic heterocycles. The van der Waals surface area contributed by atoms with Crippen molar-refractivity contribution in [2.75, 3.05) is 0 Å². The van der Waals surface area contributed by atoms with Crippen LogP contribution in [0.4, 0.5) is 13.2 Å². The van der Waals surface area contributed by atoms with Crippen LogP contribution in [0, 0.1) is 11.8 Å². The molecule has 1 fully saturated rings. The van der Waals surface area contributed by atoms with Gasteiger partial charge >= 0.3 is 6.36 Å². The van der Waals surface area contributed by atoms with Crippen LogP contribution in [0.2, 0.25) is 0 Å². The molecule has 0 saturated heterocycles. The standard InChI is InChI=1S/C29H31F3O/c1-3-21-9-7-8-12-26(21)20(2)25-17-18-27(28(19-25)33-29(30,31)32)24-15-13-23(14-16-24)22-10-5-4-6-11-22/h4-6,10-11,13-21,26H,3,7-9,12H2,1-2H3. The number of hydrogen-bond donors (Lipinski definition) is 0. The molecule has 174 valence electrons. The van der Waals surface area contributed by atoms with Crippen LogP contribution < -0.4 is 4.74 Å². The smallest absolute Gasteiger partial charge is 0.405 e. The molecule has 3 aromatic rings. The summed E-state index contributed by atoms with van der Waals surface area (Å²) in [6, 6.07) is 22.9. The lowest BCUT2D eigenvalue weighted by molar-refractivity contribution is -0.274. The maximum Gasteiger partial charge on any atom is 0.573 e. The second-order valence-electron chi connectivity index (χ2n) is 9.15.